The highest BCUT2D eigenvalue weighted by Crippen LogP contribution is 2.35. The van der Waals surface area contributed by atoms with E-state index in [0.717, 1.165) is 30.5 Å². The van der Waals surface area contributed by atoms with Gasteiger partial charge in [0.2, 0.25) is 15.9 Å². The molecule has 0 atom stereocenters. The molecule has 0 bridgehead atoms. The number of sulfonamides is 1. The van der Waals surface area contributed by atoms with Crippen molar-refractivity contribution in [3.63, 3.8) is 0 Å². The zero-order valence-corrected chi connectivity index (χ0v) is 16.4. The summed E-state index contributed by atoms with van der Waals surface area (Å²) in [7, 11) is -3.56. The largest absolute Gasteiger partial charge is 0.312 e. The molecule has 0 N–H and O–H groups in total. The van der Waals surface area contributed by atoms with Crippen molar-refractivity contribution in [2.24, 2.45) is 0 Å². The molecule has 0 spiro atoms. The Hall–Kier alpha value is -1.70. The average molecular weight is 391 g/mol. The molecule has 7 heteroatoms. The number of hydrogen-bond donors (Lipinski definition) is 0. The van der Waals surface area contributed by atoms with E-state index in [9.17, 15) is 13.2 Å². The number of hydrogen-bond acceptors (Lipinski definition) is 4. The molecule has 0 unspecified atom stereocenters. The van der Waals surface area contributed by atoms with Gasteiger partial charge in [-0.25, -0.2) is 8.42 Å². The fourth-order valence-electron chi connectivity index (χ4n) is 3.47. The van der Waals surface area contributed by atoms with Crippen molar-refractivity contribution in [2.75, 3.05) is 11.4 Å². The first-order valence-electron chi connectivity index (χ1n) is 8.91. The summed E-state index contributed by atoms with van der Waals surface area (Å²) in [6.07, 6.45) is 3.26. The van der Waals surface area contributed by atoms with Crippen LogP contribution in [-0.2, 0) is 21.4 Å². The maximum absolute atomic E-state index is 13.3. The molecule has 0 radical (unpaired) electrons. The molecule has 1 saturated heterocycles. The minimum Gasteiger partial charge on any atom is -0.312 e. The van der Waals surface area contributed by atoms with E-state index in [4.69, 9.17) is 0 Å². The van der Waals surface area contributed by atoms with Crippen LogP contribution in [0.1, 0.15) is 36.8 Å². The second-order valence-corrected chi connectivity index (χ2v) is 9.65. The van der Waals surface area contributed by atoms with E-state index in [0.29, 0.717) is 30.0 Å². The van der Waals surface area contributed by atoms with E-state index in [1.54, 1.807) is 32.7 Å². The van der Waals surface area contributed by atoms with Crippen LogP contribution in [-0.4, -0.2) is 31.2 Å². The molecule has 5 nitrogen and oxygen atoms in total. The number of benzene rings is 1. The maximum Gasteiger partial charge on any atom is 0.243 e. The molecule has 2 aliphatic rings. The van der Waals surface area contributed by atoms with E-state index >= 15 is 0 Å². The smallest absolute Gasteiger partial charge is 0.243 e. The van der Waals surface area contributed by atoms with Crippen molar-refractivity contribution < 1.29 is 13.2 Å². The Labute approximate surface area is 158 Å². The molecule has 2 aromatic rings. The van der Waals surface area contributed by atoms with Gasteiger partial charge < -0.3 is 4.90 Å². The number of anilines is 1. The first-order valence-corrected chi connectivity index (χ1v) is 11.3. The Balaban J connectivity index is 1.65. The predicted molar refractivity (Wildman–Crippen MR) is 103 cm³/mol. The molecule has 1 saturated carbocycles. The number of thiophene rings is 1. The maximum atomic E-state index is 13.3. The summed E-state index contributed by atoms with van der Waals surface area (Å²) < 4.78 is 28.3. The van der Waals surface area contributed by atoms with Crippen LogP contribution >= 0.6 is 11.3 Å². The molecule has 2 fully saturated rings. The average Bonchev–Trinajstić information content (AvgIpc) is 3.12. The van der Waals surface area contributed by atoms with Gasteiger partial charge in [-0.1, -0.05) is 0 Å². The fourth-order valence-corrected chi connectivity index (χ4v) is 6.01. The van der Waals surface area contributed by atoms with E-state index in [-0.39, 0.29) is 11.9 Å². The minimum atomic E-state index is -3.56. The molecular weight excluding hydrogens is 368 g/mol. The number of amides is 1. The van der Waals surface area contributed by atoms with Crippen LogP contribution in [0.3, 0.4) is 0 Å². The Bertz CT molecular complexity index is 918. The third kappa shape index (κ3) is 3.31. The second kappa shape index (κ2) is 6.79. The molecule has 1 aliphatic carbocycles. The normalized spacial score (nSPS) is 18.1. The van der Waals surface area contributed by atoms with Gasteiger partial charge >= 0.3 is 0 Å². The summed E-state index contributed by atoms with van der Waals surface area (Å²) in [6.45, 7) is 2.94. The summed E-state index contributed by atoms with van der Waals surface area (Å²) in [5, 5.41) is 3.97. The van der Waals surface area contributed by atoms with E-state index in [1.807, 2.05) is 29.8 Å². The number of carbonyl (C=O) groups is 1. The third-order valence-electron chi connectivity index (χ3n) is 5.00. The van der Waals surface area contributed by atoms with E-state index in [2.05, 4.69) is 0 Å². The van der Waals surface area contributed by atoms with Gasteiger partial charge in [0.05, 0.1) is 4.90 Å². The lowest BCUT2D eigenvalue weighted by Crippen LogP contribution is -2.33. The standard InChI is InChI=1S/C19H22N2O3S2/c1-14-11-17(20-9-2-3-19(20)22)6-7-18(14)26(23,24)21(16-4-5-16)12-15-8-10-25-13-15/h6-8,10-11,13,16H,2-5,9,12H2,1H3. The lowest BCUT2D eigenvalue weighted by molar-refractivity contribution is -0.117. The number of aryl methyl sites for hydroxylation is 1. The summed E-state index contributed by atoms with van der Waals surface area (Å²) in [4.78, 5) is 14.0. The molecule has 1 amide bonds. The summed E-state index contributed by atoms with van der Waals surface area (Å²) in [5.41, 5.74) is 2.51. The Kier molecular flexibility index (Phi) is 4.62. The Morgan fingerprint density at radius 3 is 2.65 bits per heavy atom. The summed E-state index contributed by atoms with van der Waals surface area (Å²) in [5.74, 6) is 0.108. The van der Waals surface area contributed by atoms with Crippen LogP contribution in [0.25, 0.3) is 0 Å². The molecule has 4 rings (SSSR count). The van der Waals surface area contributed by atoms with Gasteiger partial charge in [-0.3, -0.25) is 4.79 Å². The highest BCUT2D eigenvalue weighted by atomic mass is 32.2. The Morgan fingerprint density at radius 1 is 1.27 bits per heavy atom. The number of carbonyl (C=O) groups excluding carboxylic acids is 1. The monoisotopic (exact) mass is 390 g/mol. The third-order valence-corrected chi connectivity index (χ3v) is 7.79. The molecule has 1 aromatic heterocycles. The highest BCUT2D eigenvalue weighted by molar-refractivity contribution is 7.89. The van der Waals surface area contributed by atoms with Gasteiger partial charge in [-0.05, 0) is 72.3 Å². The van der Waals surface area contributed by atoms with Crippen molar-refractivity contribution in [1.82, 2.24) is 4.31 Å². The lowest BCUT2D eigenvalue weighted by atomic mass is 10.2. The fraction of sp³-hybridized carbons (Fsp3) is 0.421. The van der Waals surface area contributed by atoms with Gasteiger partial charge in [-0.15, -0.1) is 0 Å². The van der Waals surface area contributed by atoms with Crippen molar-refractivity contribution in [3.8, 4) is 0 Å². The van der Waals surface area contributed by atoms with Crippen molar-refractivity contribution in [3.05, 3.63) is 46.2 Å². The van der Waals surface area contributed by atoms with Crippen LogP contribution in [0.5, 0.6) is 0 Å². The Morgan fingerprint density at radius 2 is 2.08 bits per heavy atom. The predicted octanol–water partition coefficient (Wildman–Crippen LogP) is 3.54. The van der Waals surface area contributed by atoms with Crippen LogP contribution in [0.4, 0.5) is 5.69 Å². The molecule has 1 aliphatic heterocycles. The van der Waals surface area contributed by atoms with E-state index < -0.39 is 10.0 Å². The first-order chi connectivity index (χ1) is 12.5. The zero-order valence-electron chi connectivity index (χ0n) is 14.7. The molecule has 138 valence electrons. The van der Waals surface area contributed by atoms with Gasteiger partial charge in [0.15, 0.2) is 0 Å². The van der Waals surface area contributed by atoms with Crippen molar-refractivity contribution in [2.45, 2.75) is 50.1 Å². The van der Waals surface area contributed by atoms with Crippen molar-refractivity contribution >= 4 is 33.0 Å². The summed E-state index contributed by atoms with van der Waals surface area (Å²) >= 11 is 1.58. The number of rotatable bonds is 6. The number of nitrogens with zero attached hydrogens (tertiary/aromatic N) is 2. The van der Waals surface area contributed by atoms with Crippen LogP contribution in [0.2, 0.25) is 0 Å². The van der Waals surface area contributed by atoms with Gasteiger partial charge in [0.25, 0.3) is 0 Å². The van der Waals surface area contributed by atoms with Gasteiger partial charge in [-0.2, -0.15) is 15.6 Å². The molecule has 26 heavy (non-hydrogen) atoms. The van der Waals surface area contributed by atoms with Crippen LogP contribution in [0.15, 0.2) is 39.9 Å². The molecule has 2 heterocycles. The van der Waals surface area contributed by atoms with Crippen LogP contribution in [0, 0.1) is 6.92 Å². The topological polar surface area (TPSA) is 57.7 Å². The zero-order chi connectivity index (χ0) is 18.3. The minimum absolute atomic E-state index is 0.0964. The molecular formula is C19H22N2O3S2. The SMILES string of the molecule is Cc1cc(N2CCCC2=O)ccc1S(=O)(=O)N(Cc1ccsc1)C1CC1. The van der Waals surface area contributed by atoms with Gasteiger partial charge in [0, 0.05) is 31.2 Å². The quantitative estimate of drug-likeness (QED) is 0.758. The summed E-state index contributed by atoms with van der Waals surface area (Å²) in [6, 6.07) is 7.32. The highest BCUT2D eigenvalue weighted by Gasteiger charge is 2.38. The molecule has 1 aromatic carbocycles. The van der Waals surface area contributed by atoms with Crippen molar-refractivity contribution in [1.29, 1.82) is 0 Å². The second-order valence-electron chi connectivity index (χ2n) is 7.01. The first kappa shape index (κ1) is 17.7. The lowest BCUT2D eigenvalue weighted by Gasteiger charge is -2.23. The van der Waals surface area contributed by atoms with E-state index in [1.165, 1.54) is 0 Å². The van der Waals surface area contributed by atoms with Crippen LogP contribution < -0.4 is 4.90 Å². The van der Waals surface area contributed by atoms with Gasteiger partial charge in [0.1, 0.15) is 0 Å².